The Labute approximate surface area is 1030 Å². The van der Waals surface area contributed by atoms with Crippen molar-refractivity contribution in [3.05, 3.63) is 51.4 Å². The first kappa shape index (κ1) is 165. The van der Waals surface area contributed by atoms with Crippen LogP contribution >= 0.6 is 0 Å². The summed E-state index contributed by atoms with van der Waals surface area (Å²) in [5.74, 6) is 25.1. The van der Waals surface area contributed by atoms with E-state index in [9.17, 15) is 53.1 Å². The number of fused-ring (bicyclic) bond motifs is 4. The molecule has 11 N–H and O–H groups in total. The summed E-state index contributed by atoms with van der Waals surface area (Å²) in [5.41, 5.74) is 1.67. The Morgan fingerprint density at radius 3 is 0.673 bits per heavy atom. The Morgan fingerprint density at radius 1 is 0.327 bits per heavy atom. The summed E-state index contributed by atoms with van der Waals surface area (Å²) in [4.78, 5) is 104. The van der Waals surface area contributed by atoms with Crippen molar-refractivity contribution in [2.75, 3.05) is 63.6 Å². The van der Waals surface area contributed by atoms with Gasteiger partial charge in [-0.3, -0.25) is 47.9 Å². The molecule has 12 rings (SSSR count). The average molecular weight is 2410 g/mol. The zero-order valence-corrected chi connectivity index (χ0v) is 114. The van der Waals surface area contributed by atoms with Crippen LogP contribution in [0.1, 0.15) is 418 Å². The number of nitrogens with one attached hydrogen (secondary N) is 6. The third-order valence-corrected chi connectivity index (χ3v) is 38.4. The maximum atomic E-state index is 11.5. The van der Waals surface area contributed by atoms with Gasteiger partial charge in [-0.2, -0.15) is 98.7 Å². The Bertz CT molecular complexity index is 3290. The van der Waals surface area contributed by atoms with Crippen LogP contribution in [-0.2, 0) is 193 Å². The molecular weight excluding hydrogens is 2180 g/mol. The molecule has 12 aliphatic carbocycles. The molecule has 32 atom stereocenters. The topological polar surface area (TPSA) is 373 Å². The van der Waals surface area contributed by atoms with Crippen LogP contribution in [0.25, 0.3) is 0 Å². The molecule has 0 saturated heterocycles. The largest absolute Gasteiger partial charge is 1.00 e. The average Bonchev–Trinajstić information content (AvgIpc) is 1.38. The summed E-state index contributed by atoms with van der Waals surface area (Å²) < 4.78 is 14.5. The van der Waals surface area contributed by atoms with Crippen LogP contribution in [0.5, 0.6) is 0 Å². The molecule has 6 amide bonds. The number of ether oxygens (including phenoxy) is 3. The van der Waals surface area contributed by atoms with E-state index < -0.39 is 5.97 Å². The van der Waals surface area contributed by atoms with Gasteiger partial charge in [0, 0.05) is 240 Å². The second-order valence-corrected chi connectivity index (χ2v) is 46.4. The number of rotatable bonds is 20. The molecule has 12 saturated carbocycles. The molecule has 23 nitrogen and oxygen atoms in total. The first-order valence-corrected chi connectivity index (χ1v) is 57.0. The van der Waals surface area contributed by atoms with Crippen molar-refractivity contribution in [1.29, 1.82) is 0 Å². The minimum Gasteiger partial charge on any atom is -0.870 e. The fraction of sp³-hybridized carbons (Fsp3) is 0.852. The zero-order valence-electron chi connectivity index (χ0n) is 103. The number of hydrogen-bond donors (Lipinski definition) is 8. The minimum atomic E-state index is -0.674. The molecule has 0 aromatic heterocycles. The van der Waals surface area contributed by atoms with E-state index in [0.717, 1.165) is 116 Å². The van der Waals surface area contributed by atoms with Crippen LogP contribution in [0.4, 0.5) is 0 Å². The van der Waals surface area contributed by atoms with Gasteiger partial charge in [0.25, 0.3) is 0 Å². The maximum Gasteiger partial charge on any atom is 1.00 e. The maximum absolute atomic E-state index is 11.5. The molecular formula is C122H227LiN6O17Y4-8. The molecule has 28 heteroatoms. The number of carboxylic acids is 1. The molecule has 0 heterocycles. The third kappa shape index (κ3) is 52.6. The van der Waals surface area contributed by atoms with Gasteiger partial charge in [-0.25, -0.2) is 0 Å². The first-order chi connectivity index (χ1) is 67.2. The van der Waals surface area contributed by atoms with Crippen LogP contribution in [0.2, 0.25) is 0 Å². The van der Waals surface area contributed by atoms with E-state index in [0.29, 0.717) is 131 Å². The minimum absolute atomic E-state index is 0. The molecule has 0 bridgehead atoms. The summed E-state index contributed by atoms with van der Waals surface area (Å²) in [7, 11) is 14.1. The number of aliphatic carboxylic acids is 1. The monoisotopic (exact) mass is 2410 g/mol. The molecule has 0 aliphatic heterocycles. The predicted octanol–water partition coefficient (Wildman–Crippen LogP) is 22.2. The predicted molar refractivity (Wildman–Crippen MR) is 597 cm³/mol. The number of carbonyl (C=O) groups excluding carboxylic acids is 9. The van der Waals surface area contributed by atoms with Crippen molar-refractivity contribution < 1.29 is 233 Å². The SMILES string of the molecule is CC.CC.CC.CNC(C)=O.CNC(C)=O.CNC(C)=O.CNC(C)=O.CNC(C)=O.CNC(C)=O.O.[CH2-][C@H]1[C@H]([C@@H]2CC[C@H]([C@H](C)CCC(=O)O)[C-]2C)CC[C@@H]2C[C@H](O)CC[C@@]21C.[CH2-][C@H]1[C@H]([C@@H]2CC[C@H]([C@H](C)CCC(=O)OC)[C-]2C)CC[C@@H]2C[C@H](C)CC[C@@]21C.[CH2-][C@H]1[C@H]([C@@H]2CC[C@H]([C@H](C)CCC(=O)OC)[C-]2C)CC[C@@H]2C[C@H](C)CC[C@@]21C.[CH2-][C@H]1[C@H]([C@@H]2CC[C@H]([C@H](C)CCC(=O)OC)[C-]2C)CC[C@@H]2C[C@H](C)CC[C@@]21C.[Li+].[OH-].[Y].[Y].[Y].[Y]. The summed E-state index contributed by atoms with van der Waals surface area (Å²) in [6.07, 6.45) is 42.5. The zero-order chi connectivity index (χ0) is 110. The quantitative estimate of drug-likeness (QED) is 0.0243. The van der Waals surface area contributed by atoms with Crippen molar-refractivity contribution in [3.63, 3.8) is 0 Å². The normalized spacial score (nSPS) is 33.0. The van der Waals surface area contributed by atoms with Crippen LogP contribution in [0.3, 0.4) is 0 Å². The van der Waals surface area contributed by atoms with Crippen LogP contribution in [0, 0.1) is 233 Å². The van der Waals surface area contributed by atoms with Crippen LogP contribution in [0.15, 0.2) is 0 Å². The number of hydrogen-bond acceptors (Lipinski definition) is 15. The number of esters is 3. The molecule has 0 unspecified atom stereocenters. The fourth-order valence-electron chi connectivity index (χ4n) is 28.3. The summed E-state index contributed by atoms with van der Waals surface area (Å²) in [5, 5.41) is 33.4. The van der Waals surface area contributed by atoms with Gasteiger partial charge in [0.15, 0.2) is 0 Å². The number of amides is 6. The Balaban J connectivity index is -0.000000265. The summed E-state index contributed by atoms with van der Waals surface area (Å²) in [6.45, 7) is 76.2. The number of carbonyl (C=O) groups is 10. The van der Waals surface area contributed by atoms with Crippen molar-refractivity contribution >= 4 is 59.3 Å². The van der Waals surface area contributed by atoms with Gasteiger partial charge in [0.05, 0.1) is 27.4 Å². The Hall–Kier alpha value is -0.407. The summed E-state index contributed by atoms with van der Waals surface area (Å²) >= 11 is 0. The fourth-order valence-corrected chi connectivity index (χ4v) is 28.3. The van der Waals surface area contributed by atoms with Gasteiger partial charge in [0.1, 0.15) is 0 Å². The van der Waals surface area contributed by atoms with Gasteiger partial charge in [-0.1, -0.05) is 283 Å². The van der Waals surface area contributed by atoms with Gasteiger partial charge >= 0.3 is 42.7 Å². The van der Waals surface area contributed by atoms with E-state index in [2.05, 4.69) is 136 Å². The number of aliphatic hydroxyl groups excluding tert-OH is 1. The smallest absolute Gasteiger partial charge is 0.870 e. The number of aliphatic hydroxyl groups is 1. The van der Waals surface area contributed by atoms with Crippen LogP contribution in [-0.4, -0.2) is 150 Å². The van der Waals surface area contributed by atoms with E-state index >= 15 is 0 Å². The second-order valence-electron chi connectivity index (χ2n) is 46.4. The Morgan fingerprint density at radius 2 is 0.500 bits per heavy atom. The van der Waals surface area contributed by atoms with E-state index in [1.807, 2.05) is 41.5 Å². The van der Waals surface area contributed by atoms with E-state index in [-0.39, 0.29) is 226 Å². The second kappa shape index (κ2) is 85.5. The van der Waals surface area contributed by atoms with Gasteiger partial charge < -0.3 is 119 Å². The van der Waals surface area contributed by atoms with Crippen molar-refractivity contribution in [2.24, 2.45) is 181 Å². The molecule has 12 fully saturated rings. The molecule has 0 spiro atoms. The molecule has 4 radical (unpaired) electrons. The molecule has 0 aromatic carbocycles. The van der Waals surface area contributed by atoms with Gasteiger partial charge in [0.2, 0.25) is 35.4 Å². The third-order valence-electron chi connectivity index (χ3n) is 38.4. The summed E-state index contributed by atoms with van der Waals surface area (Å²) in [6, 6.07) is 0. The molecule has 12 aliphatic rings. The van der Waals surface area contributed by atoms with Gasteiger partial charge in [-0.15, -0.1) is 0 Å². The number of methoxy groups -OCH3 is 3. The number of carboxylic acid groups (broad SMARTS) is 1. The van der Waals surface area contributed by atoms with E-state index in [1.165, 1.54) is 223 Å². The Kier molecular flexibility index (Phi) is 93.9. The van der Waals surface area contributed by atoms with Crippen LogP contribution < -0.4 is 50.8 Å². The van der Waals surface area contributed by atoms with Crippen molar-refractivity contribution in [1.82, 2.24) is 31.9 Å². The molecule has 0 aromatic rings. The molecule has 150 heavy (non-hydrogen) atoms. The molecule has 868 valence electrons. The van der Waals surface area contributed by atoms with Crippen molar-refractivity contribution in [3.8, 4) is 0 Å². The standard InChI is InChI=1S/3C25H42O2.C23H38O3.6C3H7NO.3C2H6.Li.2H2O.4Y/c3*1-16-13-14-25(5)19(4)23(9-8-20(25)15-16)22-11-10-21(18(22)3)17(2)7-12-24(26)27-6;1-14(5-10-22(25)26)19-8-9-20(15(19)2)21-7-6-17-13-18(24)11-12-23(17,4)16(21)3;6*1-3(5)4-2;3*1-2;;;;;;;/h3*16-17,19-23H,4,7-15H2,1-3,5-6H3;14,16-21,24H,3,5-13H2,1-2,4H3,(H,25,26);6*1-2H3,(H,4,5);3*1-2H3;;2*1H2;;;;/q4*-2;;;;;;;;;;+1;;;;;;/p-1/t3*16-,17-,19+,20-,21-,22-,23-,25-;14-,16+,17-,18-,19-,20-,21-,23-;;;;;;;;;;;;;;;;/m1111................/s1. The van der Waals surface area contributed by atoms with E-state index in [4.69, 9.17) is 47.0 Å². The van der Waals surface area contributed by atoms with Gasteiger partial charge in [-0.05, 0) is 151 Å². The van der Waals surface area contributed by atoms with E-state index in [1.54, 1.807) is 66.0 Å². The first-order valence-electron chi connectivity index (χ1n) is 57.0. The van der Waals surface area contributed by atoms with Crippen molar-refractivity contribution in [2.45, 2.75) is 424 Å².